The number of ether oxygens (including phenoxy) is 4. The van der Waals surface area contributed by atoms with Crippen LogP contribution in [0.15, 0.2) is 24.3 Å². The quantitative estimate of drug-likeness (QED) is 0.0205. The number of amides is 1. The van der Waals surface area contributed by atoms with Crippen LogP contribution in [0.4, 0.5) is 0 Å². The molecule has 14 heteroatoms. The number of carbonyl (C=O) groups is 1. The van der Waals surface area contributed by atoms with E-state index in [1.54, 1.807) is 0 Å². The normalized spacial score (nSPS) is 25.9. The molecular weight excluding hydrogens is 907 g/mol. The lowest BCUT2D eigenvalue weighted by Gasteiger charge is -2.46. The molecule has 2 saturated heterocycles. The maximum absolute atomic E-state index is 13.2. The Balaban J connectivity index is 1.77. The van der Waals surface area contributed by atoms with Gasteiger partial charge in [-0.1, -0.05) is 212 Å². The lowest BCUT2D eigenvalue weighted by molar-refractivity contribution is -0.359. The van der Waals surface area contributed by atoms with Crippen LogP contribution in [0.5, 0.6) is 0 Å². The van der Waals surface area contributed by atoms with Crippen LogP contribution >= 0.6 is 0 Å². The fraction of sp³-hybridized carbons (Fsp3) is 0.912. The molecule has 418 valence electrons. The third kappa shape index (κ3) is 30.0. The molecule has 1 amide bonds. The Labute approximate surface area is 430 Å². The zero-order valence-corrected chi connectivity index (χ0v) is 44.7. The summed E-state index contributed by atoms with van der Waals surface area (Å²) in [6.45, 7) is 2.85. The molecule has 2 aliphatic rings. The Kier molecular flexibility index (Phi) is 40.4. The van der Waals surface area contributed by atoms with Gasteiger partial charge >= 0.3 is 0 Å². The summed E-state index contributed by atoms with van der Waals surface area (Å²) in [4.78, 5) is 13.2. The molecule has 0 aromatic heterocycles. The largest absolute Gasteiger partial charge is 0.394 e. The van der Waals surface area contributed by atoms with E-state index < -0.39 is 86.8 Å². The first-order valence-corrected chi connectivity index (χ1v) is 29.1. The first-order valence-electron chi connectivity index (χ1n) is 29.1. The third-order valence-electron chi connectivity index (χ3n) is 14.4. The molecule has 14 nitrogen and oxygen atoms in total. The van der Waals surface area contributed by atoms with Crippen molar-refractivity contribution in [2.45, 2.75) is 312 Å². The molecule has 0 radical (unpaired) electrons. The SMILES string of the molecule is CCCCCC/C=C\C/C=C\CCCCCCCC(=O)NC(COC1OC(CO)C(OC2OC(CO)C(O)C(O)C2O)C(O)C1O)C(O)CCCCCCCCCCCCCCCCCCCCCCC. The Morgan fingerprint density at radius 1 is 0.507 bits per heavy atom. The monoisotopic (exact) mass is 1010 g/mol. The number of allylic oxidation sites excluding steroid dienone is 4. The van der Waals surface area contributed by atoms with Crippen LogP contribution in [0.3, 0.4) is 0 Å². The highest BCUT2D eigenvalue weighted by molar-refractivity contribution is 5.76. The van der Waals surface area contributed by atoms with Crippen molar-refractivity contribution in [1.82, 2.24) is 5.32 Å². The van der Waals surface area contributed by atoms with Gasteiger partial charge in [-0.05, 0) is 44.9 Å². The number of nitrogens with one attached hydrogen (secondary N) is 1. The molecule has 12 atom stereocenters. The first-order chi connectivity index (χ1) is 34.6. The van der Waals surface area contributed by atoms with Gasteiger partial charge in [0.2, 0.25) is 5.91 Å². The molecule has 0 aromatic carbocycles. The van der Waals surface area contributed by atoms with Crippen LogP contribution in [0.1, 0.15) is 239 Å². The van der Waals surface area contributed by atoms with Crippen molar-refractivity contribution in [2.24, 2.45) is 0 Å². The van der Waals surface area contributed by atoms with Crippen LogP contribution < -0.4 is 5.32 Å². The lowest BCUT2D eigenvalue weighted by atomic mass is 9.97. The van der Waals surface area contributed by atoms with Crippen molar-refractivity contribution in [2.75, 3.05) is 19.8 Å². The molecule has 9 N–H and O–H groups in total. The summed E-state index contributed by atoms with van der Waals surface area (Å²) in [5.41, 5.74) is 0. The van der Waals surface area contributed by atoms with Gasteiger partial charge in [-0.2, -0.15) is 0 Å². The van der Waals surface area contributed by atoms with E-state index >= 15 is 0 Å². The van der Waals surface area contributed by atoms with Crippen LogP contribution in [0, 0.1) is 0 Å². The van der Waals surface area contributed by atoms with Crippen LogP contribution in [0.25, 0.3) is 0 Å². The molecule has 2 heterocycles. The fourth-order valence-electron chi connectivity index (χ4n) is 9.68. The summed E-state index contributed by atoms with van der Waals surface area (Å²) in [5, 5.41) is 87.2. The number of hydrogen-bond donors (Lipinski definition) is 9. The van der Waals surface area contributed by atoms with Gasteiger partial charge in [0, 0.05) is 6.42 Å². The number of unbranched alkanes of at least 4 members (excludes halogenated alkanes) is 29. The standard InChI is InChI=1S/C57H107NO13/c1-3-5-7-9-11-13-15-17-19-21-22-23-24-25-26-28-30-32-34-36-38-40-46(61)45(58-49(62)41-39-37-35-33-31-29-27-20-18-16-14-12-10-8-6-4-2)44-68-56-54(67)52(65)55(48(43-60)70-56)71-57-53(66)51(64)50(63)47(42-59)69-57/h14,16,20,27,45-48,50-57,59-61,63-67H,3-13,15,17-19,21-26,28-44H2,1-2H3,(H,58,62)/b16-14-,27-20-. The molecule has 12 unspecified atom stereocenters. The summed E-state index contributed by atoms with van der Waals surface area (Å²) in [6.07, 6.45) is 33.1. The second-order valence-corrected chi connectivity index (χ2v) is 20.8. The van der Waals surface area contributed by atoms with Gasteiger partial charge in [-0.3, -0.25) is 4.79 Å². The second-order valence-electron chi connectivity index (χ2n) is 20.8. The van der Waals surface area contributed by atoms with Gasteiger partial charge in [-0.15, -0.1) is 0 Å². The molecular formula is C57H107NO13. The minimum atomic E-state index is -1.78. The Hall–Kier alpha value is -1.53. The average molecular weight is 1010 g/mol. The number of carbonyl (C=O) groups excluding carboxylic acids is 1. The van der Waals surface area contributed by atoms with Crippen LogP contribution in [0.2, 0.25) is 0 Å². The highest BCUT2D eigenvalue weighted by atomic mass is 16.7. The zero-order chi connectivity index (χ0) is 51.7. The number of aliphatic hydroxyl groups excluding tert-OH is 8. The number of aliphatic hydroxyl groups is 8. The molecule has 0 bridgehead atoms. The molecule has 2 aliphatic heterocycles. The molecule has 71 heavy (non-hydrogen) atoms. The van der Waals surface area contributed by atoms with E-state index in [2.05, 4.69) is 43.5 Å². The fourth-order valence-corrected chi connectivity index (χ4v) is 9.68. The third-order valence-corrected chi connectivity index (χ3v) is 14.4. The zero-order valence-electron chi connectivity index (χ0n) is 44.7. The average Bonchev–Trinajstić information content (AvgIpc) is 3.37. The molecule has 0 aromatic rings. The van der Waals surface area contributed by atoms with Gasteiger partial charge in [0.25, 0.3) is 0 Å². The molecule has 0 spiro atoms. The highest BCUT2D eigenvalue weighted by Gasteiger charge is 2.51. The topological polar surface area (TPSA) is 228 Å². The maximum Gasteiger partial charge on any atom is 0.220 e. The maximum atomic E-state index is 13.2. The Bertz CT molecular complexity index is 1290. The molecule has 0 aliphatic carbocycles. The van der Waals surface area contributed by atoms with Crippen LogP contribution in [-0.2, 0) is 23.7 Å². The summed E-state index contributed by atoms with van der Waals surface area (Å²) in [7, 11) is 0. The van der Waals surface area contributed by atoms with E-state index in [0.717, 1.165) is 70.6 Å². The minimum absolute atomic E-state index is 0.218. The summed E-state index contributed by atoms with van der Waals surface area (Å²) >= 11 is 0. The van der Waals surface area contributed by atoms with E-state index in [1.807, 2.05) is 0 Å². The Morgan fingerprint density at radius 2 is 0.930 bits per heavy atom. The summed E-state index contributed by atoms with van der Waals surface area (Å²) in [6, 6.07) is -0.834. The van der Waals surface area contributed by atoms with E-state index in [0.29, 0.717) is 12.8 Å². The van der Waals surface area contributed by atoms with E-state index in [4.69, 9.17) is 18.9 Å². The highest BCUT2D eigenvalue weighted by Crippen LogP contribution is 2.30. The first kappa shape index (κ1) is 65.6. The van der Waals surface area contributed by atoms with Crippen molar-refractivity contribution in [3.8, 4) is 0 Å². The van der Waals surface area contributed by atoms with Gasteiger partial charge < -0.3 is 65.1 Å². The molecule has 0 saturated carbocycles. The number of hydrogen-bond acceptors (Lipinski definition) is 13. The second kappa shape index (κ2) is 43.7. The van der Waals surface area contributed by atoms with Crippen molar-refractivity contribution in [3.63, 3.8) is 0 Å². The van der Waals surface area contributed by atoms with Gasteiger partial charge in [0.15, 0.2) is 12.6 Å². The predicted octanol–water partition coefficient (Wildman–Crippen LogP) is 9.28. The van der Waals surface area contributed by atoms with Crippen molar-refractivity contribution in [1.29, 1.82) is 0 Å². The van der Waals surface area contributed by atoms with Gasteiger partial charge in [-0.25, -0.2) is 0 Å². The van der Waals surface area contributed by atoms with Crippen molar-refractivity contribution >= 4 is 5.91 Å². The summed E-state index contributed by atoms with van der Waals surface area (Å²) in [5.74, 6) is -0.218. The summed E-state index contributed by atoms with van der Waals surface area (Å²) < 4.78 is 22.8. The lowest BCUT2D eigenvalue weighted by Crippen LogP contribution is -2.65. The van der Waals surface area contributed by atoms with E-state index in [9.17, 15) is 45.6 Å². The Morgan fingerprint density at radius 3 is 1.42 bits per heavy atom. The van der Waals surface area contributed by atoms with Crippen molar-refractivity contribution < 1.29 is 64.6 Å². The van der Waals surface area contributed by atoms with Crippen molar-refractivity contribution in [3.05, 3.63) is 24.3 Å². The van der Waals surface area contributed by atoms with Gasteiger partial charge in [0.05, 0.1) is 32.0 Å². The smallest absolute Gasteiger partial charge is 0.220 e. The van der Waals surface area contributed by atoms with Gasteiger partial charge in [0.1, 0.15) is 48.8 Å². The molecule has 2 rings (SSSR count). The van der Waals surface area contributed by atoms with E-state index in [-0.39, 0.29) is 18.9 Å². The minimum Gasteiger partial charge on any atom is -0.394 e. The predicted molar refractivity (Wildman–Crippen MR) is 282 cm³/mol. The molecule has 2 fully saturated rings. The van der Waals surface area contributed by atoms with E-state index in [1.165, 1.54) is 135 Å². The van der Waals surface area contributed by atoms with Crippen LogP contribution in [-0.4, -0.2) is 140 Å². The number of rotatable bonds is 46.